The van der Waals surface area contributed by atoms with Crippen LogP contribution >= 0.6 is 0 Å². The quantitative estimate of drug-likeness (QED) is 0.782. The van der Waals surface area contributed by atoms with E-state index in [2.05, 4.69) is 10.3 Å². The lowest BCUT2D eigenvalue weighted by molar-refractivity contribution is -0.121. The largest absolute Gasteiger partial charge is 0.352 e. The number of aromatic nitrogens is 1. The van der Waals surface area contributed by atoms with E-state index in [9.17, 15) is 13.2 Å². The van der Waals surface area contributed by atoms with Crippen molar-refractivity contribution in [2.45, 2.75) is 26.3 Å². The summed E-state index contributed by atoms with van der Waals surface area (Å²) in [4.78, 5) is 15.9. The Labute approximate surface area is 148 Å². The molecule has 0 radical (unpaired) electrons. The van der Waals surface area contributed by atoms with Gasteiger partial charge in [0.1, 0.15) is 0 Å². The summed E-state index contributed by atoms with van der Waals surface area (Å²) >= 11 is 0. The van der Waals surface area contributed by atoms with E-state index in [4.69, 9.17) is 0 Å². The zero-order chi connectivity index (χ0) is 18.3. The molecule has 134 valence electrons. The second-order valence-corrected chi connectivity index (χ2v) is 7.81. The van der Waals surface area contributed by atoms with Crippen LogP contribution in [-0.2, 0) is 21.4 Å². The zero-order valence-corrected chi connectivity index (χ0v) is 15.3. The minimum absolute atomic E-state index is 0.103. The van der Waals surface area contributed by atoms with Crippen LogP contribution < -0.4 is 9.62 Å². The van der Waals surface area contributed by atoms with Gasteiger partial charge in [-0.3, -0.25) is 14.1 Å². The lowest BCUT2D eigenvalue weighted by atomic mass is 10.2. The number of carbonyl (C=O) groups excluding carboxylic acids is 1. The molecule has 0 fully saturated rings. The van der Waals surface area contributed by atoms with Gasteiger partial charge in [-0.05, 0) is 43.2 Å². The molecule has 2 aromatic rings. The van der Waals surface area contributed by atoms with E-state index in [0.29, 0.717) is 18.7 Å². The van der Waals surface area contributed by atoms with Gasteiger partial charge < -0.3 is 5.32 Å². The Bertz CT molecular complexity index is 790. The molecule has 0 bridgehead atoms. The number of pyridine rings is 1. The molecular weight excluding hydrogens is 338 g/mol. The molecule has 0 aliphatic rings. The molecular formula is C18H23N3O3S. The highest BCUT2D eigenvalue weighted by Crippen LogP contribution is 2.18. The number of rotatable bonds is 8. The third-order valence-electron chi connectivity index (χ3n) is 3.73. The smallest absolute Gasteiger partial charge is 0.232 e. The summed E-state index contributed by atoms with van der Waals surface area (Å²) in [6.45, 7) is 2.65. The molecule has 25 heavy (non-hydrogen) atoms. The predicted octanol–water partition coefficient (Wildman–Crippen LogP) is 2.25. The van der Waals surface area contributed by atoms with Crippen molar-refractivity contribution in [3.05, 3.63) is 59.9 Å². The van der Waals surface area contributed by atoms with Crippen LogP contribution in [0.3, 0.4) is 0 Å². The number of hydrogen-bond acceptors (Lipinski definition) is 4. The molecule has 2 rings (SSSR count). The number of nitrogens with one attached hydrogen (secondary N) is 1. The first-order chi connectivity index (χ1) is 11.9. The first kappa shape index (κ1) is 18.9. The van der Waals surface area contributed by atoms with Gasteiger partial charge in [0.15, 0.2) is 0 Å². The van der Waals surface area contributed by atoms with E-state index >= 15 is 0 Å². The van der Waals surface area contributed by atoms with Crippen molar-refractivity contribution < 1.29 is 13.2 Å². The van der Waals surface area contributed by atoms with Gasteiger partial charge in [0.2, 0.25) is 15.9 Å². The predicted molar refractivity (Wildman–Crippen MR) is 98.7 cm³/mol. The van der Waals surface area contributed by atoms with Gasteiger partial charge in [-0.25, -0.2) is 8.42 Å². The highest BCUT2D eigenvalue weighted by Gasteiger charge is 2.17. The highest BCUT2D eigenvalue weighted by molar-refractivity contribution is 7.92. The van der Waals surface area contributed by atoms with Crippen molar-refractivity contribution in [3.63, 3.8) is 0 Å². The van der Waals surface area contributed by atoms with E-state index in [-0.39, 0.29) is 18.9 Å². The summed E-state index contributed by atoms with van der Waals surface area (Å²) in [7, 11) is -3.39. The van der Waals surface area contributed by atoms with Crippen molar-refractivity contribution in [2.75, 3.05) is 17.1 Å². The molecule has 1 aromatic carbocycles. The molecule has 0 aliphatic carbocycles. The number of anilines is 1. The van der Waals surface area contributed by atoms with Crippen LogP contribution in [0.2, 0.25) is 0 Å². The summed E-state index contributed by atoms with van der Waals surface area (Å²) in [5, 5.41) is 2.82. The number of benzene rings is 1. The zero-order valence-electron chi connectivity index (χ0n) is 14.5. The lowest BCUT2D eigenvalue weighted by Gasteiger charge is -2.22. The van der Waals surface area contributed by atoms with Crippen LogP contribution in [-0.4, -0.2) is 32.1 Å². The van der Waals surface area contributed by atoms with Gasteiger partial charge in [-0.2, -0.15) is 0 Å². The van der Waals surface area contributed by atoms with Crippen LogP contribution in [0.1, 0.15) is 24.0 Å². The molecule has 7 heteroatoms. The summed E-state index contributed by atoms with van der Waals surface area (Å²) < 4.78 is 25.4. The number of hydrogen-bond donors (Lipinski definition) is 1. The molecule has 6 nitrogen and oxygen atoms in total. The van der Waals surface area contributed by atoms with Crippen molar-refractivity contribution >= 4 is 21.6 Å². The van der Waals surface area contributed by atoms with E-state index in [1.54, 1.807) is 24.5 Å². The van der Waals surface area contributed by atoms with Gasteiger partial charge in [-0.15, -0.1) is 0 Å². The molecule has 0 unspecified atom stereocenters. The fourth-order valence-electron chi connectivity index (χ4n) is 2.37. The molecule has 0 saturated carbocycles. The maximum atomic E-state index is 12.0. The fraction of sp³-hybridized carbons (Fsp3) is 0.333. The van der Waals surface area contributed by atoms with Gasteiger partial charge >= 0.3 is 0 Å². The van der Waals surface area contributed by atoms with Gasteiger partial charge in [0, 0.05) is 31.9 Å². The van der Waals surface area contributed by atoms with E-state index in [0.717, 1.165) is 11.1 Å². The minimum atomic E-state index is -3.39. The maximum absolute atomic E-state index is 12.0. The molecule has 1 N–H and O–H groups in total. The molecule has 0 spiro atoms. The third-order valence-corrected chi connectivity index (χ3v) is 4.92. The minimum Gasteiger partial charge on any atom is -0.352 e. The average Bonchev–Trinajstić information content (AvgIpc) is 2.58. The molecule has 0 aliphatic heterocycles. The Kier molecular flexibility index (Phi) is 6.52. The van der Waals surface area contributed by atoms with Crippen molar-refractivity contribution in [1.29, 1.82) is 0 Å². The first-order valence-corrected chi connectivity index (χ1v) is 9.91. The summed E-state index contributed by atoms with van der Waals surface area (Å²) in [6.07, 6.45) is 5.24. The first-order valence-electron chi connectivity index (χ1n) is 8.06. The Balaban J connectivity index is 1.86. The Morgan fingerprint density at radius 1 is 1.12 bits per heavy atom. The van der Waals surface area contributed by atoms with Gasteiger partial charge in [-0.1, -0.05) is 17.7 Å². The fourth-order valence-corrected chi connectivity index (χ4v) is 3.34. The van der Waals surface area contributed by atoms with Crippen LogP contribution in [0, 0.1) is 6.92 Å². The second-order valence-electron chi connectivity index (χ2n) is 5.91. The summed E-state index contributed by atoms with van der Waals surface area (Å²) in [6, 6.07) is 11.0. The Morgan fingerprint density at radius 2 is 1.76 bits per heavy atom. The van der Waals surface area contributed by atoms with E-state index in [1.807, 2.05) is 31.2 Å². The number of nitrogens with zero attached hydrogens (tertiary/aromatic N) is 2. The second kappa shape index (κ2) is 8.62. The molecule has 1 amide bonds. The van der Waals surface area contributed by atoms with Crippen LogP contribution in [0.5, 0.6) is 0 Å². The van der Waals surface area contributed by atoms with Crippen molar-refractivity contribution in [3.8, 4) is 0 Å². The van der Waals surface area contributed by atoms with Crippen LogP contribution in [0.25, 0.3) is 0 Å². The standard InChI is InChI=1S/C18H23N3O3S/c1-15-5-7-17(8-6-15)21(25(2,23)24)13-3-4-18(22)20-14-16-9-11-19-12-10-16/h5-12H,3-4,13-14H2,1-2H3,(H,20,22). The van der Waals surface area contributed by atoms with Crippen molar-refractivity contribution in [2.24, 2.45) is 0 Å². The SMILES string of the molecule is Cc1ccc(N(CCCC(=O)NCc2ccncc2)S(C)(=O)=O)cc1. The molecule has 0 saturated heterocycles. The monoisotopic (exact) mass is 361 g/mol. The van der Waals surface area contributed by atoms with Crippen LogP contribution in [0.15, 0.2) is 48.8 Å². The average molecular weight is 361 g/mol. The molecule has 0 atom stereocenters. The van der Waals surface area contributed by atoms with Gasteiger partial charge in [0.05, 0.1) is 11.9 Å². The Morgan fingerprint density at radius 3 is 2.36 bits per heavy atom. The lowest BCUT2D eigenvalue weighted by Crippen LogP contribution is -2.32. The normalized spacial score (nSPS) is 11.1. The van der Waals surface area contributed by atoms with E-state index < -0.39 is 10.0 Å². The van der Waals surface area contributed by atoms with E-state index in [1.165, 1.54) is 10.6 Å². The van der Waals surface area contributed by atoms with Crippen LogP contribution in [0.4, 0.5) is 5.69 Å². The molecule has 1 heterocycles. The number of sulfonamides is 1. The van der Waals surface area contributed by atoms with Crippen molar-refractivity contribution in [1.82, 2.24) is 10.3 Å². The number of aryl methyl sites for hydroxylation is 1. The Hall–Kier alpha value is -2.41. The highest BCUT2D eigenvalue weighted by atomic mass is 32.2. The number of amides is 1. The summed E-state index contributed by atoms with van der Waals surface area (Å²) in [5.41, 5.74) is 2.65. The summed E-state index contributed by atoms with van der Waals surface area (Å²) in [5.74, 6) is -0.103. The maximum Gasteiger partial charge on any atom is 0.232 e. The topological polar surface area (TPSA) is 79.4 Å². The van der Waals surface area contributed by atoms with Gasteiger partial charge in [0.25, 0.3) is 0 Å². The number of carbonyl (C=O) groups is 1. The molecule has 1 aromatic heterocycles. The third kappa shape index (κ3) is 6.19.